The second-order valence-electron chi connectivity index (χ2n) is 4.21. The maximum Gasteiger partial charge on any atom is 0.500 e. The summed E-state index contributed by atoms with van der Waals surface area (Å²) in [5.74, 6) is 0. The SMILES string of the molecule is CCCC[Si](OCC)(OCC)OCC.[O]CC1CO1. The Labute approximate surface area is 118 Å². The van der Waals surface area contributed by atoms with Crippen molar-refractivity contribution in [3.05, 3.63) is 0 Å². The second kappa shape index (κ2) is 11.8. The Morgan fingerprint density at radius 3 is 1.74 bits per heavy atom. The zero-order chi connectivity index (χ0) is 14.6. The molecule has 1 unspecified atom stereocenters. The van der Waals surface area contributed by atoms with Gasteiger partial charge in [0.2, 0.25) is 0 Å². The van der Waals surface area contributed by atoms with E-state index in [1.807, 2.05) is 20.8 Å². The van der Waals surface area contributed by atoms with Crippen molar-refractivity contribution in [2.45, 2.75) is 52.7 Å². The van der Waals surface area contributed by atoms with Crippen LogP contribution in [0.15, 0.2) is 0 Å². The first-order valence-corrected chi connectivity index (χ1v) is 9.22. The number of rotatable bonds is 10. The van der Waals surface area contributed by atoms with Crippen LogP contribution in [0.25, 0.3) is 0 Å². The lowest BCUT2D eigenvalue weighted by molar-refractivity contribution is 0.0708. The summed E-state index contributed by atoms with van der Waals surface area (Å²) in [6, 6.07) is 0.943. The van der Waals surface area contributed by atoms with E-state index in [1.54, 1.807) is 0 Å². The lowest BCUT2D eigenvalue weighted by atomic mass is 10.4. The van der Waals surface area contributed by atoms with Crippen molar-refractivity contribution in [3.63, 3.8) is 0 Å². The van der Waals surface area contributed by atoms with Gasteiger partial charge >= 0.3 is 8.80 Å². The molecule has 0 N–H and O–H groups in total. The van der Waals surface area contributed by atoms with E-state index in [0.717, 1.165) is 18.9 Å². The highest BCUT2D eigenvalue weighted by Gasteiger charge is 2.39. The molecule has 0 aliphatic carbocycles. The second-order valence-corrected chi connectivity index (χ2v) is 6.94. The van der Waals surface area contributed by atoms with Crippen molar-refractivity contribution in [3.8, 4) is 0 Å². The third-order valence-corrected chi connectivity index (χ3v) is 5.67. The van der Waals surface area contributed by atoms with E-state index in [-0.39, 0.29) is 12.7 Å². The van der Waals surface area contributed by atoms with E-state index in [1.165, 1.54) is 0 Å². The molecule has 1 fully saturated rings. The Morgan fingerprint density at radius 1 is 1.05 bits per heavy atom. The molecule has 0 bridgehead atoms. The first-order chi connectivity index (χ1) is 9.17. The largest absolute Gasteiger partial charge is 0.500 e. The number of hydrogen-bond acceptors (Lipinski definition) is 4. The van der Waals surface area contributed by atoms with Crippen LogP contribution in [-0.4, -0.2) is 47.9 Å². The summed E-state index contributed by atoms with van der Waals surface area (Å²) < 4.78 is 21.7. The average molecular weight is 293 g/mol. The highest BCUT2D eigenvalue weighted by Crippen LogP contribution is 2.18. The van der Waals surface area contributed by atoms with Gasteiger partial charge in [-0.1, -0.05) is 13.3 Å². The minimum absolute atomic E-state index is 0.0556. The van der Waals surface area contributed by atoms with Crippen LogP contribution in [0.1, 0.15) is 40.5 Å². The van der Waals surface area contributed by atoms with E-state index in [2.05, 4.69) is 11.7 Å². The normalized spacial score (nSPS) is 17.8. The predicted octanol–water partition coefficient (Wildman–Crippen LogP) is 2.65. The summed E-state index contributed by atoms with van der Waals surface area (Å²) in [5.41, 5.74) is 0. The van der Waals surface area contributed by atoms with Crippen LogP contribution >= 0.6 is 0 Å². The third kappa shape index (κ3) is 9.54. The Balaban J connectivity index is 0.000000532. The zero-order valence-corrected chi connectivity index (χ0v) is 13.8. The summed E-state index contributed by atoms with van der Waals surface area (Å²) in [6.45, 7) is 10.8. The molecule has 0 aromatic rings. The van der Waals surface area contributed by atoms with Crippen LogP contribution in [0.4, 0.5) is 0 Å². The minimum Gasteiger partial charge on any atom is -0.374 e. The Morgan fingerprint density at radius 2 is 1.53 bits per heavy atom. The van der Waals surface area contributed by atoms with Crippen LogP contribution in [0, 0.1) is 0 Å². The molecule has 1 saturated heterocycles. The van der Waals surface area contributed by atoms with E-state index < -0.39 is 8.80 Å². The minimum atomic E-state index is -2.32. The average Bonchev–Trinajstić information content (AvgIpc) is 3.22. The van der Waals surface area contributed by atoms with Gasteiger partial charge in [-0.3, -0.25) is 0 Å². The molecule has 1 aliphatic heterocycles. The zero-order valence-electron chi connectivity index (χ0n) is 12.8. The fourth-order valence-corrected chi connectivity index (χ4v) is 4.35. The summed E-state index contributed by atoms with van der Waals surface area (Å²) in [5, 5.41) is 9.57. The van der Waals surface area contributed by atoms with Crippen LogP contribution in [0.2, 0.25) is 6.04 Å². The first kappa shape index (κ1) is 19.0. The summed E-state index contributed by atoms with van der Waals surface area (Å²) in [6.07, 6.45) is 2.35. The van der Waals surface area contributed by atoms with Crippen LogP contribution < -0.4 is 0 Å². The van der Waals surface area contributed by atoms with Crippen molar-refractivity contribution in [2.75, 3.05) is 33.0 Å². The molecule has 1 heterocycles. The highest BCUT2D eigenvalue weighted by molar-refractivity contribution is 6.60. The van der Waals surface area contributed by atoms with Crippen LogP contribution in [0.3, 0.4) is 0 Å². The molecule has 0 aromatic heterocycles. The summed E-state index contributed by atoms with van der Waals surface area (Å²) in [7, 11) is -2.32. The lowest BCUT2D eigenvalue weighted by Crippen LogP contribution is -2.45. The van der Waals surface area contributed by atoms with Crippen molar-refractivity contribution in [1.82, 2.24) is 0 Å². The Hall–Kier alpha value is 0.0169. The number of ether oxygens (including phenoxy) is 1. The molecule has 0 aromatic carbocycles. The van der Waals surface area contributed by atoms with Gasteiger partial charge in [-0.05, 0) is 27.2 Å². The molecule has 1 atom stereocenters. The Kier molecular flexibility index (Phi) is 11.8. The van der Waals surface area contributed by atoms with Crippen molar-refractivity contribution in [1.29, 1.82) is 0 Å². The van der Waals surface area contributed by atoms with E-state index in [4.69, 9.17) is 13.3 Å². The monoisotopic (exact) mass is 293 g/mol. The molecule has 115 valence electrons. The van der Waals surface area contributed by atoms with Crippen molar-refractivity contribution >= 4 is 8.80 Å². The topological polar surface area (TPSA) is 60.1 Å². The fraction of sp³-hybridized carbons (Fsp3) is 1.00. The quantitative estimate of drug-likeness (QED) is 0.459. The molecule has 5 nitrogen and oxygen atoms in total. The van der Waals surface area contributed by atoms with Gasteiger partial charge in [-0.25, -0.2) is 5.11 Å². The first-order valence-electron chi connectivity index (χ1n) is 7.29. The van der Waals surface area contributed by atoms with Gasteiger partial charge in [0.1, 0.15) is 12.7 Å². The maximum atomic E-state index is 9.57. The molecule has 1 radical (unpaired) electrons. The van der Waals surface area contributed by atoms with Gasteiger partial charge < -0.3 is 18.0 Å². The van der Waals surface area contributed by atoms with Crippen molar-refractivity contribution < 1.29 is 23.1 Å². The standard InChI is InChI=1S/C10H24O3Si.C3H5O2/c1-5-9-10-14(11-6-2,12-7-3)13-8-4;4-1-3-2-5-3/h5-10H2,1-4H3;3H,1-2H2. The van der Waals surface area contributed by atoms with Gasteiger partial charge in [0.15, 0.2) is 0 Å². The van der Waals surface area contributed by atoms with Crippen molar-refractivity contribution in [2.24, 2.45) is 0 Å². The molecule has 1 rings (SSSR count). The third-order valence-electron chi connectivity index (χ3n) is 2.52. The van der Waals surface area contributed by atoms with Gasteiger partial charge in [-0.15, -0.1) is 0 Å². The number of unbranched alkanes of at least 4 members (excludes halogenated alkanes) is 1. The van der Waals surface area contributed by atoms with Gasteiger partial charge in [0, 0.05) is 25.9 Å². The molecule has 6 heteroatoms. The van der Waals surface area contributed by atoms with E-state index in [0.29, 0.717) is 26.4 Å². The number of hydrogen-bond donors (Lipinski definition) is 0. The fourth-order valence-electron chi connectivity index (χ4n) is 1.56. The maximum absolute atomic E-state index is 9.57. The van der Waals surface area contributed by atoms with Crippen LogP contribution in [0.5, 0.6) is 0 Å². The van der Waals surface area contributed by atoms with E-state index in [9.17, 15) is 5.11 Å². The molecule has 0 saturated carbocycles. The molecule has 0 spiro atoms. The lowest BCUT2D eigenvalue weighted by Gasteiger charge is -2.28. The van der Waals surface area contributed by atoms with Gasteiger partial charge in [0.05, 0.1) is 6.61 Å². The summed E-state index contributed by atoms with van der Waals surface area (Å²) >= 11 is 0. The molecule has 19 heavy (non-hydrogen) atoms. The van der Waals surface area contributed by atoms with Gasteiger partial charge in [-0.2, -0.15) is 0 Å². The molecule has 0 amide bonds. The van der Waals surface area contributed by atoms with Crippen LogP contribution in [-0.2, 0) is 23.1 Å². The highest BCUT2D eigenvalue weighted by atomic mass is 28.4. The van der Waals surface area contributed by atoms with Gasteiger partial charge in [0.25, 0.3) is 0 Å². The number of epoxide rings is 1. The molecular formula is C13H29O5Si. The molecular weight excluding hydrogens is 264 g/mol. The smallest absolute Gasteiger partial charge is 0.374 e. The van der Waals surface area contributed by atoms with E-state index >= 15 is 0 Å². The summed E-state index contributed by atoms with van der Waals surface area (Å²) in [4.78, 5) is 0. The molecule has 1 aliphatic rings. The predicted molar refractivity (Wildman–Crippen MR) is 75.6 cm³/mol. The Bertz CT molecular complexity index is 182.